The summed E-state index contributed by atoms with van der Waals surface area (Å²) in [6.07, 6.45) is -1.23. The summed E-state index contributed by atoms with van der Waals surface area (Å²) in [6.45, 7) is -3.13. The average Bonchev–Trinajstić information content (AvgIpc) is 2.97. The van der Waals surface area contributed by atoms with E-state index in [1.807, 2.05) is 91.0 Å². The van der Waals surface area contributed by atoms with Crippen LogP contribution in [0.1, 0.15) is 0 Å². The number of benzene rings is 4. The molecule has 1 atom stereocenters. The molecule has 10 heteroatoms. The molecule has 206 valence electrons. The molecule has 0 radical (unpaired) electrons. The Morgan fingerprint density at radius 3 is 1.52 bits per heavy atom. The SMILES string of the molecule is COC(=O)C(C(=O)NC(Nc1ccc(Cl)cc1)C(Cl)(Cl)Cl)=P(c1ccccc1)(c1ccccc1)c1ccccc1. The molecule has 0 bridgehead atoms. The third-order valence-corrected chi connectivity index (χ3v) is 11.3. The lowest BCUT2D eigenvalue weighted by atomic mass is 10.3. The Morgan fingerprint density at radius 2 is 1.15 bits per heavy atom. The number of hydrogen-bond acceptors (Lipinski definition) is 4. The first-order chi connectivity index (χ1) is 19.2. The van der Waals surface area contributed by atoms with Gasteiger partial charge >= 0.3 is 5.97 Å². The number of rotatable bonds is 8. The van der Waals surface area contributed by atoms with Crippen molar-refractivity contribution >= 4 is 92.1 Å². The number of alkyl halides is 3. The molecule has 0 saturated carbocycles. The fraction of sp³-hybridized carbons (Fsp3) is 0.100. The second kappa shape index (κ2) is 13.2. The number of hydrogen-bond donors (Lipinski definition) is 2. The molecule has 0 aliphatic carbocycles. The number of anilines is 1. The van der Waals surface area contributed by atoms with Gasteiger partial charge in [0.05, 0.1) is 7.11 Å². The summed E-state index contributed by atoms with van der Waals surface area (Å²) in [5.41, 5.74) is 0.538. The molecule has 2 N–H and O–H groups in total. The van der Waals surface area contributed by atoms with Gasteiger partial charge in [0.1, 0.15) is 11.5 Å². The van der Waals surface area contributed by atoms with Crippen LogP contribution in [0.2, 0.25) is 5.02 Å². The number of halogens is 4. The molecule has 0 aromatic heterocycles. The zero-order valence-corrected chi connectivity index (χ0v) is 25.1. The fourth-order valence-electron chi connectivity index (χ4n) is 4.38. The van der Waals surface area contributed by atoms with Crippen molar-refractivity contribution in [3.8, 4) is 0 Å². The number of nitrogens with one attached hydrogen (secondary N) is 2. The smallest absolute Gasteiger partial charge is 0.344 e. The topological polar surface area (TPSA) is 67.4 Å². The van der Waals surface area contributed by atoms with Crippen molar-refractivity contribution in [2.45, 2.75) is 9.96 Å². The van der Waals surface area contributed by atoms with E-state index in [1.54, 1.807) is 24.3 Å². The van der Waals surface area contributed by atoms with Crippen LogP contribution in [-0.4, -0.2) is 34.2 Å². The summed E-state index contributed by atoms with van der Waals surface area (Å²) in [4.78, 5) is 28.1. The van der Waals surface area contributed by atoms with Crippen molar-refractivity contribution in [1.29, 1.82) is 0 Å². The monoisotopic (exact) mass is 632 g/mol. The highest BCUT2D eigenvalue weighted by Crippen LogP contribution is 2.46. The van der Waals surface area contributed by atoms with Gasteiger partial charge in [-0.3, -0.25) is 4.79 Å². The molecule has 1 amide bonds. The Kier molecular flexibility index (Phi) is 9.89. The van der Waals surface area contributed by atoms with Crippen LogP contribution in [0.25, 0.3) is 0 Å². The van der Waals surface area contributed by atoms with E-state index < -0.39 is 28.7 Å². The van der Waals surface area contributed by atoms with Crippen LogP contribution in [0.5, 0.6) is 0 Å². The highest BCUT2D eigenvalue weighted by molar-refractivity contribution is 7.97. The van der Waals surface area contributed by atoms with Crippen molar-refractivity contribution in [2.24, 2.45) is 0 Å². The molecule has 4 aromatic rings. The third-order valence-electron chi connectivity index (χ3n) is 6.12. The molecule has 0 spiro atoms. The Balaban J connectivity index is 2.02. The van der Waals surface area contributed by atoms with Crippen LogP contribution in [0.4, 0.5) is 5.69 Å². The van der Waals surface area contributed by atoms with Gasteiger partial charge in [-0.05, 0) is 47.1 Å². The number of methoxy groups -OCH3 is 1. The van der Waals surface area contributed by atoms with E-state index in [4.69, 9.17) is 51.1 Å². The Morgan fingerprint density at radius 1 is 0.725 bits per heavy atom. The predicted octanol–water partition coefficient (Wildman–Crippen LogP) is 5.90. The van der Waals surface area contributed by atoms with Gasteiger partial charge in [-0.15, -0.1) is 0 Å². The van der Waals surface area contributed by atoms with E-state index in [2.05, 4.69) is 10.6 Å². The maximum Gasteiger partial charge on any atom is 0.344 e. The third kappa shape index (κ3) is 6.52. The lowest BCUT2D eigenvalue weighted by Gasteiger charge is -2.33. The van der Waals surface area contributed by atoms with Crippen molar-refractivity contribution in [2.75, 3.05) is 12.4 Å². The fourth-order valence-corrected chi connectivity index (χ4v) is 9.09. The molecular formula is C30H25Cl4N2O3P. The van der Waals surface area contributed by atoms with Crippen LogP contribution in [-0.2, 0) is 14.3 Å². The minimum Gasteiger partial charge on any atom is -0.465 e. The van der Waals surface area contributed by atoms with E-state index in [0.717, 1.165) is 15.9 Å². The first-order valence-electron chi connectivity index (χ1n) is 12.1. The average molecular weight is 634 g/mol. The van der Waals surface area contributed by atoms with E-state index >= 15 is 0 Å². The number of carbonyl (C=O) groups is 2. The van der Waals surface area contributed by atoms with Gasteiger partial charge in [-0.1, -0.05) is 137 Å². The van der Waals surface area contributed by atoms with E-state index in [1.165, 1.54) is 7.11 Å². The van der Waals surface area contributed by atoms with Crippen LogP contribution in [0, 0.1) is 0 Å². The van der Waals surface area contributed by atoms with Crippen LogP contribution >= 0.6 is 53.3 Å². The Hall–Kier alpha value is -2.92. The molecule has 40 heavy (non-hydrogen) atoms. The van der Waals surface area contributed by atoms with Gasteiger partial charge in [0.15, 0.2) is 0 Å². The van der Waals surface area contributed by atoms with Crippen molar-refractivity contribution in [3.05, 3.63) is 120 Å². The summed E-state index contributed by atoms with van der Waals surface area (Å²) in [5, 5.41) is 8.53. The highest BCUT2D eigenvalue weighted by atomic mass is 35.6. The molecule has 0 saturated heterocycles. The lowest BCUT2D eigenvalue weighted by molar-refractivity contribution is -0.133. The standard InChI is InChI=1S/C30H25Cl4N2O3P/c1-39-28(38)26(27(37)36-29(30(32,33)34)35-22-19-17-21(31)18-20-22)40(23-11-5-2-6-12-23,24-13-7-3-8-14-24)25-15-9-4-10-16-25/h2-20,29,35H,1H3,(H,36,37). The molecule has 0 aliphatic rings. The Bertz CT molecular complexity index is 1410. The van der Waals surface area contributed by atoms with Crippen molar-refractivity contribution in [1.82, 2.24) is 5.32 Å². The molecule has 4 rings (SSSR count). The summed E-state index contributed by atoms with van der Waals surface area (Å²) < 4.78 is 3.26. The zero-order valence-electron chi connectivity index (χ0n) is 21.2. The van der Waals surface area contributed by atoms with Gasteiger partial charge in [-0.2, -0.15) is 0 Å². The maximum absolute atomic E-state index is 14.4. The van der Waals surface area contributed by atoms with Crippen LogP contribution < -0.4 is 26.5 Å². The van der Waals surface area contributed by atoms with Gasteiger partial charge in [0, 0.05) is 10.7 Å². The largest absolute Gasteiger partial charge is 0.465 e. The number of esters is 1. The van der Waals surface area contributed by atoms with Gasteiger partial charge in [0.2, 0.25) is 3.79 Å². The van der Waals surface area contributed by atoms with Gasteiger partial charge < -0.3 is 15.4 Å². The number of amides is 1. The van der Waals surface area contributed by atoms with Gasteiger partial charge in [-0.25, -0.2) is 4.79 Å². The molecule has 4 aromatic carbocycles. The Labute approximate surface area is 253 Å². The molecule has 0 aliphatic heterocycles. The second-order valence-electron chi connectivity index (χ2n) is 8.62. The first-order valence-corrected chi connectivity index (χ1v) is 15.4. The minimum absolute atomic E-state index is 0.101. The second-order valence-corrected chi connectivity index (χ2v) is 14.8. The van der Waals surface area contributed by atoms with E-state index in [0.29, 0.717) is 10.7 Å². The summed E-state index contributed by atoms with van der Waals surface area (Å²) >= 11 is 25.0. The van der Waals surface area contributed by atoms with E-state index in [9.17, 15) is 9.59 Å². The van der Waals surface area contributed by atoms with Crippen molar-refractivity contribution < 1.29 is 14.3 Å². The van der Waals surface area contributed by atoms with E-state index in [-0.39, 0.29) is 5.29 Å². The molecule has 0 fully saturated rings. The highest BCUT2D eigenvalue weighted by Gasteiger charge is 2.41. The maximum atomic E-state index is 14.4. The predicted molar refractivity (Wildman–Crippen MR) is 169 cm³/mol. The van der Waals surface area contributed by atoms with Crippen LogP contribution in [0.15, 0.2) is 115 Å². The molecular weight excluding hydrogens is 609 g/mol. The summed E-state index contributed by atoms with van der Waals surface area (Å²) in [5.74, 6) is -1.54. The first kappa shape index (κ1) is 30.0. The molecule has 0 heterocycles. The van der Waals surface area contributed by atoms with Crippen molar-refractivity contribution in [3.63, 3.8) is 0 Å². The normalized spacial score (nSPS) is 12.2. The number of carbonyl (C=O) groups excluding carboxylic acids is 2. The summed E-state index contributed by atoms with van der Waals surface area (Å²) in [7, 11) is 1.24. The lowest BCUT2D eigenvalue weighted by Crippen LogP contribution is -2.53. The minimum atomic E-state index is -3.13. The molecule has 1 unspecified atom stereocenters. The zero-order chi connectivity index (χ0) is 28.8. The molecule has 5 nitrogen and oxygen atoms in total. The van der Waals surface area contributed by atoms with Crippen LogP contribution in [0.3, 0.4) is 0 Å². The summed E-state index contributed by atoms with van der Waals surface area (Å²) in [6, 6.07) is 34.9. The number of ether oxygens (including phenoxy) is 1. The van der Waals surface area contributed by atoms with Gasteiger partial charge in [0.25, 0.3) is 5.91 Å². The quantitative estimate of drug-likeness (QED) is 0.0833.